The first-order chi connectivity index (χ1) is 20.4. The normalized spacial score (nSPS) is 39.6. The summed E-state index contributed by atoms with van der Waals surface area (Å²) in [7, 11) is -3.65. The van der Waals surface area contributed by atoms with Gasteiger partial charge in [-0.2, -0.15) is 0 Å². The van der Waals surface area contributed by atoms with Crippen LogP contribution in [0.3, 0.4) is 0 Å². The van der Waals surface area contributed by atoms with E-state index in [0.717, 1.165) is 44.1 Å². The molecule has 1 unspecified atom stereocenters. The van der Waals surface area contributed by atoms with Crippen LogP contribution in [0.5, 0.6) is 0 Å². The van der Waals surface area contributed by atoms with Crippen LogP contribution in [0.2, 0.25) is 0 Å². The molecule has 4 aliphatic rings. The Hall–Kier alpha value is -1.69. The van der Waals surface area contributed by atoms with Gasteiger partial charge in [0.05, 0.1) is 21.9 Å². The molecule has 6 rings (SSSR count). The topological polar surface area (TPSA) is 74.6 Å². The van der Waals surface area contributed by atoms with Gasteiger partial charge in [0.25, 0.3) is 0 Å². The maximum absolute atomic E-state index is 14.3. The van der Waals surface area contributed by atoms with E-state index in [-0.39, 0.29) is 17.8 Å². The van der Waals surface area contributed by atoms with Crippen molar-refractivity contribution in [2.45, 2.75) is 120 Å². The van der Waals surface area contributed by atoms with Crippen molar-refractivity contribution in [2.75, 3.05) is 0 Å². The predicted octanol–water partition coefficient (Wildman–Crippen LogP) is 8.39. The third-order valence-electron chi connectivity index (χ3n) is 13.9. The average molecular weight is 607 g/mol. The Morgan fingerprint density at radius 1 is 0.837 bits per heavy atom. The molecule has 4 nitrogen and oxygen atoms in total. The molecule has 236 valence electrons. The van der Waals surface area contributed by atoms with E-state index in [0.29, 0.717) is 39.9 Å². The maximum Gasteiger partial charge on any atom is 0.181 e. The van der Waals surface area contributed by atoms with E-state index >= 15 is 0 Å². The molecule has 0 amide bonds. The number of aliphatic hydroxyl groups excluding tert-OH is 1. The predicted molar refractivity (Wildman–Crippen MR) is 173 cm³/mol. The van der Waals surface area contributed by atoms with Crippen molar-refractivity contribution in [2.24, 2.45) is 46.3 Å². The number of fused-ring (bicyclic) bond motifs is 5. The van der Waals surface area contributed by atoms with E-state index in [1.54, 1.807) is 24.3 Å². The highest BCUT2D eigenvalue weighted by molar-refractivity contribution is 7.92. The summed E-state index contributed by atoms with van der Waals surface area (Å²) in [6, 6.07) is 18.5. The highest BCUT2D eigenvalue weighted by atomic mass is 32.2. The van der Waals surface area contributed by atoms with Crippen LogP contribution < -0.4 is 0 Å². The third kappa shape index (κ3) is 5.33. The van der Waals surface area contributed by atoms with Crippen LogP contribution in [0.4, 0.5) is 0 Å². The zero-order chi connectivity index (χ0) is 30.6. The quantitative estimate of drug-likeness (QED) is 0.317. The molecule has 4 saturated carbocycles. The van der Waals surface area contributed by atoms with E-state index in [2.05, 4.69) is 27.7 Å². The lowest BCUT2D eigenvalue weighted by Gasteiger charge is -2.62. The number of rotatable bonds is 8. The van der Waals surface area contributed by atoms with Crippen LogP contribution in [-0.4, -0.2) is 29.5 Å². The van der Waals surface area contributed by atoms with Gasteiger partial charge in [-0.15, -0.1) is 0 Å². The van der Waals surface area contributed by atoms with Gasteiger partial charge >= 0.3 is 0 Å². The van der Waals surface area contributed by atoms with Crippen LogP contribution in [0, 0.1) is 46.3 Å². The molecule has 0 saturated heterocycles. The highest BCUT2D eigenvalue weighted by Gasteiger charge is 2.62. The summed E-state index contributed by atoms with van der Waals surface area (Å²) in [5.74, 6) is 2.91. The molecule has 0 bridgehead atoms. The van der Waals surface area contributed by atoms with E-state index in [4.69, 9.17) is 0 Å². The van der Waals surface area contributed by atoms with Crippen LogP contribution in [0.15, 0.2) is 65.6 Å². The van der Waals surface area contributed by atoms with Crippen LogP contribution in [0.25, 0.3) is 0 Å². The minimum absolute atomic E-state index is 0.0590. The van der Waals surface area contributed by atoms with Crippen molar-refractivity contribution in [1.29, 1.82) is 0 Å². The van der Waals surface area contributed by atoms with Gasteiger partial charge in [0.2, 0.25) is 0 Å². The standard InChI is InChI=1S/C38H54O4S/c1-5-38(40)23-22-36(3)28(25-38)16-17-30-32-19-18-31(37(32,4)21-20-33(30)36)26(2)35(24-34(39)27-12-8-6-9-13-27)43(41,42)29-14-10-7-11-15-29/h6-15,26,28,30-35,39-40H,5,16-25H2,1-4H3/t26-,28-,30-,31+,32-,33-,34+,35?,36-,37+,38-/m0/s1. The SMILES string of the molecule is CC[C@]1(O)CC[C@@]2(C)[C@@H](CC[C@@H]3[C@@H]2CC[C@]2(C)[C@@H]([C@H](C)C(C[C@@H](O)c4ccccc4)S(=O)(=O)c4ccccc4)CC[C@@H]32)C1. The summed E-state index contributed by atoms with van der Waals surface area (Å²) >= 11 is 0. The molecule has 11 atom stereocenters. The molecule has 43 heavy (non-hydrogen) atoms. The van der Waals surface area contributed by atoms with Gasteiger partial charge in [-0.25, -0.2) is 8.42 Å². The number of aliphatic hydroxyl groups is 2. The van der Waals surface area contributed by atoms with Crippen molar-refractivity contribution in [3.05, 3.63) is 66.2 Å². The lowest BCUT2D eigenvalue weighted by atomic mass is 9.43. The fourth-order valence-corrected chi connectivity index (χ4v) is 13.3. The zero-order valence-electron chi connectivity index (χ0n) is 26.8. The fraction of sp³-hybridized carbons (Fsp3) is 0.684. The Labute approximate surface area is 260 Å². The number of benzene rings is 2. The molecule has 0 aromatic heterocycles. The van der Waals surface area contributed by atoms with Crippen LogP contribution in [-0.2, 0) is 9.84 Å². The fourth-order valence-electron chi connectivity index (χ4n) is 11.2. The molecule has 0 heterocycles. The first kappa shape index (κ1) is 31.3. The Balaban J connectivity index is 1.27. The van der Waals surface area contributed by atoms with Gasteiger partial charge in [-0.3, -0.25) is 0 Å². The molecule has 2 N–H and O–H groups in total. The highest BCUT2D eigenvalue weighted by Crippen LogP contribution is 2.69. The molecule has 2 aromatic carbocycles. The van der Waals surface area contributed by atoms with Gasteiger partial charge in [0.1, 0.15) is 0 Å². The first-order valence-electron chi connectivity index (χ1n) is 17.2. The minimum atomic E-state index is -3.65. The van der Waals surface area contributed by atoms with Gasteiger partial charge < -0.3 is 10.2 Å². The summed E-state index contributed by atoms with van der Waals surface area (Å²) in [4.78, 5) is 0.367. The molecular weight excluding hydrogens is 552 g/mol. The molecule has 0 spiro atoms. The van der Waals surface area contributed by atoms with Gasteiger partial charge in [0, 0.05) is 0 Å². The van der Waals surface area contributed by atoms with Crippen molar-refractivity contribution in [1.82, 2.24) is 0 Å². The molecule has 0 aliphatic heterocycles. The molecule has 4 aliphatic carbocycles. The molecule has 4 fully saturated rings. The second-order valence-corrected chi connectivity index (χ2v) is 17.8. The first-order valence-corrected chi connectivity index (χ1v) is 18.7. The van der Waals surface area contributed by atoms with Gasteiger partial charge in [-0.05, 0) is 135 Å². The van der Waals surface area contributed by atoms with Crippen LogP contribution >= 0.6 is 0 Å². The van der Waals surface area contributed by atoms with E-state index in [1.807, 2.05) is 36.4 Å². The summed E-state index contributed by atoms with van der Waals surface area (Å²) < 4.78 is 28.7. The Morgan fingerprint density at radius 2 is 1.49 bits per heavy atom. The van der Waals surface area contributed by atoms with Gasteiger partial charge in [-0.1, -0.05) is 76.2 Å². The average Bonchev–Trinajstić information content (AvgIpc) is 3.38. The second-order valence-electron chi connectivity index (χ2n) is 15.6. The molecule has 5 heteroatoms. The summed E-state index contributed by atoms with van der Waals surface area (Å²) in [5, 5.41) is 21.9. The van der Waals surface area contributed by atoms with Crippen molar-refractivity contribution < 1.29 is 18.6 Å². The number of sulfone groups is 1. The van der Waals surface area contributed by atoms with Crippen molar-refractivity contribution >= 4 is 9.84 Å². The van der Waals surface area contributed by atoms with E-state index in [1.165, 1.54) is 25.7 Å². The van der Waals surface area contributed by atoms with Crippen molar-refractivity contribution in [3.63, 3.8) is 0 Å². The monoisotopic (exact) mass is 606 g/mol. The summed E-state index contributed by atoms with van der Waals surface area (Å²) in [6.45, 7) is 9.37. The Kier molecular flexibility index (Phi) is 8.44. The second kappa shape index (κ2) is 11.6. The Bertz CT molecular complexity index is 1360. The van der Waals surface area contributed by atoms with Crippen LogP contribution in [0.1, 0.15) is 110 Å². The smallest absolute Gasteiger partial charge is 0.181 e. The zero-order valence-corrected chi connectivity index (χ0v) is 27.6. The lowest BCUT2D eigenvalue weighted by Crippen LogP contribution is -2.56. The maximum atomic E-state index is 14.3. The lowest BCUT2D eigenvalue weighted by molar-refractivity contribution is -0.152. The van der Waals surface area contributed by atoms with Crippen molar-refractivity contribution in [3.8, 4) is 0 Å². The summed E-state index contributed by atoms with van der Waals surface area (Å²) in [6.07, 6.45) is 10.4. The Morgan fingerprint density at radius 3 is 2.16 bits per heavy atom. The minimum Gasteiger partial charge on any atom is -0.390 e. The van der Waals surface area contributed by atoms with E-state index in [9.17, 15) is 18.6 Å². The number of hydrogen-bond acceptors (Lipinski definition) is 4. The molecular formula is C38H54O4S. The summed E-state index contributed by atoms with van der Waals surface area (Å²) in [5.41, 5.74) is 0.739. The third-order valence-corrected chi connectivity index (χ3v) is 16.2. The molecule has 2 aromatic rings. The number of hydrogen-bond donors (Lipinski definition) is 2. The largest absolute Gasteiger partial charge is 0.390 e. The molecule has 0 radical (unpaired) electrons. The van der Waals surface area contributed by atoms with E-state index < -0.39 is 26.8 Å². The van der Waals surface area contributed by atoms with Gasteiger partial charge in [0.15, 0.2) is 9.84 Å².